The third-order valence-electron chi connectivity index (χ3n) is 2.50. The van der Waals surface area contributed by atoms with Crippen LogP contribution in [0.15, 0.2) is 59.5 Å². The van der Waals surface area contributed by atoms with Crippen molar-refractivity contribution < 1.29 is 14.1 Å². The first-order chi connectivity index (χ1) is 8.68. The van der Waals surface area contributed by atoms with E-state index in [1.807, 2.05) is 30.3 Å². The smallest absolute Gasteiger partial charge is 0.336 e. The minimum Gasteiger partial charge on any atom is -0.478 e. The van der Waals surface area contributed by atoms with Crippen LogP contribution in [-0.2, 0) is 16.6 Å². The van der Waals surface area contributed by atoms with Crippen LogP contribution >= 0.6 is 0 Å². The zero-order valence-electron chi connectivity index (χ0n) is 9.58. The Hall–Kier alpha value is -1.94. The summed E-state index contributed by atoms with van der Waals surface area (Å²) in [6.45, 7) is 0. The molecule has 0 aromatic heterocycles. The number of carboxylic acids is 1. The van der Waals surface area contributed by atoms with Crippen LogP contribution in [-0.4, -0.2) is 15.3 Å². The van der Waals surface area contributed by atoms with Crippen LogP contribution in [0.3, 0.4) is 0 Å². The molecule has 0 aliphatic carbocycles. The average Bonchev–Trinajstić information content (AvgIpc) is 2.40. The van der Waals surface area contributed by atoms with E-state index < -0.39 is 16.8 Å². The van der Waals surface area contributed by atoms with Crippen LogP contribution in [0.4, 0.5) is 0 Å². The zero-order chi connectivity index (χ0) is 13.0. The lowest BCUT2D eigenvalue weighted by Crippen LogP contribution is -2.05. The van der Waals surface area contributed by atoms with Crippen molar-refractivity contribution in [3.8, 4) is 0 Å². The van der Waals surface area contributed by atoms with Crippen LogP contribution in [0.25, 0.3) is 0 Å². The van der Waals surface area contributed by atoms with E-state index in [2.05, 4.69) is 0 Å². The molecule has 0 aliphatic rings. The molecule has 3 nitrogen and oxygen atoms in total. The molecule has 1 atom stereocenters. The molecule has 0 saturated carbocycles. The van der Waals surface area contributed by atoms with Crippen molar-refractivity contribution in [1.29, 1.82) is 0 Å². The summed E-state index contributed by atoms with van der Waals surface area (Å²) in [5.74, 6) is -0.725. The second kappa shape index (κ2) is 5.60. The topological polar surface area (TPSA) is 54.4 Å². The lowest BCUT2D eigenvalue weighted by molar-refractivity contribution is 0.0693. The summed E-state index contributed by atoms with van der Waals surface area (Å²) < 4.78 is 12.2. The van der Waals surface area contributed by atoms with Crippen LogP contribution in [0, 0.1) is 0 Å². The third kappa shape index (κ3) is 2.84. The molecule has 0 radical (unpaired) electrons. The van der Waals surface area contributed by atoms with Gasteiger partial charge in [-0.3, -0.25) is 4.21 Å². The van der Waals surface area contributed by atoms with Crippen LogP contribution in [0.1, 0.15) is 15.9 Å². The SMILES string of the molecule is O=C(O)c1ccccc1[S@@](=O)Cc1ccccc1. The Bertz CT molecular complexity index is 579. The largest absolute Gasteiger partial charge is 0.478 e. The Balaban J connectivity index is 2.27. The maximum atomic E-state index is 12.2. The summed E-state index contributed by atoms with van der Waals surface area (Å²) >= 11 is 0. The minimum absolute atomic E-state index is 0.103. The Kier molecular flexibility index (Phi) is 3.89. The summed E-state index contributed by atoms with van der Waals surface area (Å²) in [4.78, 5) is 11.4. The van der Waals surface area contributed by atoms with Gasteiger partial charge in [-0.05, 0) is 17.7 Å². The van der Waals surface area contributed by atoms with Gasteiger partial charge in [-0.15, -0.1) is 0 Å². The molecule has 0 heterocycles. The normalized spacial score (nSPS) is 12.0. The molecule has 0 saturated heterocycles. The quantitative estimate of drug-likeness (QED) is 0.919. The highest BCUT2D eigenvalue weighted by atomic mass is 32.2. The van der Waals surface area contributed by atoms with Crippen LogP contribution in [0.5, 0.6) is 0 Å². The number of carboxylic acid groups (broad SMARTS) is 1. The van der Waals surface area contributed by atoms with E-state index in [0.717, 1.165) is 5.56 Å². The van der Waals surface area contributed by atoms with Crippen LogP contribution in [0.2, 0.25) is 0 Å². The van der Waals surface area contributed by atoms with Gasteiger partial charge in [0.25, 0.3) is 0 Å². The molecule has 92 valence electrons. The number of carbonyl (C=O) groups is 1. The van der Waals surface area contributed by atoms with E-state index in [4.69, 9.17) is 5.11 Å². The fraction of sp³-hybridized carbons (Fsp3) is 0.0714. The Morgan fingerprint density at radius 3 is 2.28 bits per heavy atom. The predicted molar refractivity (Wildman–Crippen MR) is 70.0 cm³/mol. The summed E-state index contributed by atoms with van der Waals surface area (Å²) in [5, 5.41) is 9.05. The van der Waals surface area contributed by atoms with E-state index in [9.17, 15) is 9.00 Å². The zero-order valence-corrected chi connectivity index (χ0v) is 10.4. The van der Waals surface area contributed by atoms with E-state index >= 15 is 0 Å². The van der Waals surface area contributed by atoms with Gasteiger partial charge in [0.2, 0.25) is 0 Å². The number of benzene rings is 2. The molecule has 0 spiro atoms. The molecule has 4 heteroatoms. The van der Waals surface area contributed by atoms with E-state index in [-0.39, 0.29) is 5.56 Å². The van der Waals surface area contributed by atoms with Crippen molar-refractivity contribution in [2.75, 3.05) is 0 Å². The first-order valence-electron chi connectivity index (χ1n) is 5.43. The molecule has 0 aliphatic heterocycles. The highest BCUT2D eigenvalue weighted by Gasteiger charge is 2.14. The monoisotopic (exact) mass is 260 g/mol. The molecular weight excluding hydrogens is 248 g/mol. The highest BCUT2D eigenvalue weighted by Crippen LogP contribution is 2.17. The van der Waals surface area contributed by atoms with Crippen molar-refractivity contribution in [1.82, 2.24) is 0 Å². The Morgan fingerprint density at radius 1 is 1.00 bits per heavy atom. The molecule has 2 aromatic carbocycles. The minimum atomic E-state index is -1.35. The first-order valence-corrected chi connectivity index (χ1v) is 6.75. The van der Waals surface area contributed by atoms with E-state index in [0.29, 0.717) is 10.6 Å². The lowest BCUT2D eigenvalue weighted by atomic mass is 10.2. The van der Waals surface area contributed by atoms with Gasteiger partial charge >= 0.3 is 5.97 Å². The van der Waals surface area contributed by atoms with Gasteiger partial charge in [-0.2, -0.15) is 0 Å². The van der Waals surface area contributed by atoms with Crippen molar-refractivity contribution in [3.05, 3.63) is 65.7 Å². The molecule has 1 N–H and O–H groups in total. The molecule has 0 fully saturated rings. The second-order valence-electron chi connectivity index (χ2n) is 3.78. The lowest BCUT2D eigenvalue weighted by Gasteiger charge is -2.05. The molecule has 2 rings (SSSR count). The van der Waals surface area contributed by atoms with Gasteiger partial charge in [0, 0.05) is 0 Å². The molecule has 18 heavy (non-hydrogen) atoms. The third-order valence-corrected chi connectivity index (χ3v) is 3.95. The summed E-state index contributed by atoms with van der Waals surface area (Å²) in [7, 11) is -1.35. The average molecular weight is 260 g/mol. The van der Waals surface area contributed by atoms with Crippen molar-refractivity contribution in [3.63, 3.8) is 0 Å². The molecule has 0 bridgehead atoms. The highest BCUT2D eigenvalue weighted by molar-refractivity contribution is 7.84. The maximum Gasteiger partial charge on any atom is 0.336 e. The van der Waals surface area contributed by atoms with Crippen molar-refractivity contribution in [2.24, 2.45) is 0 Å². The van der Waals surface area contributed by atoms with Gasteiger partial charge in [0.1, 0.15) is 0 Å². The second-order valence-corrected chi connectivity index (χ2v) is 5.20. The van der Waals surface area contributed by atoms with Gasteiger partial charge in [0.05, 0.1) is 27.0 Å². The molecule has 0 unspecified atom stereocenters. The van der Waals surface area contributed by atoms with Gasteiger partial charge < -0.3 is 5.11 Å². The number of aromatic carboxylic acids is 1. The van der Waals surface area contributed by atoms with E-state index in [1.54, 1.807) is 18.2 Å². The van der Waals surface area contributed by atoms with Gasteiger partial charge in [-0.25, -0.2) is 4.79 Å². The first kappa shape index (κ1) is 12.5. The summed E-state index contributed by atoms with van der Waals surface area (Å²) in [6, 6.07) is 15.8. The van der Waals surface area contributed by atoms with E-state index in [1.165, 1.54) is 6.07 Å². The summed E-state index contributed by atoms with van der Waals surface area (Å²) in [6.07, 6.45) is 0. The molecule has 2 aromatic rings. The number of hydrogen-bond acceptors (Lipinski definition) is 2. The molecular formula is C14H12O3S. The predicted octanol–water partition coefficient (Wildman–Crippen LogP) is 2.69. The summed E-state index contributed by atoms with van der Waals surface area (Å²) in [5.41, 5.74) is 1.03. The number of rotatable bonds is 4. The maximum absolute atomic E-state index is 12.2. The number of hydrogen-bond donors (Lipinski definition) is 1. The van der Waals surface area contributed by atoms with Crippen LogP contribution < -0.4 is 0 Å². The van der Waals surface area contributed by atoms with Crippen molar-refractivity contribution in [2.45, 2.75) is 10.6 Å². The Labute approximate surface area is 108 Å². The van der Waals surface area contributed by atoms with Crippen molar-refractivity contribution >= 4 is 16.8 Å². The van der Waals surface area contributed by atoms with Gasteiger partial charge in [-0.1, -0.05) is 42.5 Å². The molecule has 0 amide bonds. The Morgan fingerprint density at radius 2 is 1.61 bits per heavy atom. The standard InChI is InChI=1S/C14H12O3S/c15-14(16)12-8-4-5-9-13(12)18(17)10-11-6-2-1-3-7-11/h1-9H,10H2,(H,15,16)/t18-/m0/s1. The fourth-order valence-corrected chi connectivity index (χ4v) is 2.93. The fourth-order valence-electron chi connectivity index (χ4n) is 1.65. The van der Waals surface area contributed by atoms with Gasteiger partial charge in [0.15, 0.2) is 0 Å².